The van der Waals surface area contributed by atoms with E-state index in [-0.39, 0.29) is 12.2 Å². The maximum absolute atomic E-state index is 12.1. The summed E-state index contributed by atoms with van der Waals surface area (Å²) in [4.78, 5) is 16.2. The average Bonchev–Trinajstić information content (AvgIpc) is 2.72. The van der Waals surface area contributed by atoms with Gasteiger partial charge in [-0.1, -0.05) is 17.7 Å². The Balaban J connectivity index is 2.08. The highest BCUT2D eigenvalue weighted by atomic mass is 35.5. The predicted octanol–water partition coefficient (Wildman–Crippen LogP) is 1.17. The first-order valence-corrected chi connectivity index (χ1v) is 5.98. The molecule has 0 bridgehead atoms. The van der Waals surface area contributed by atoms with E-state index in [9.17, 15) is 4.79 Å². The van der Waals surface area contributed by atoms with Crippen molar-refractivity contribution in [1.82, 2.24) is 19.2 Å². The summed E-state index contributed by atoms with van der Waals surface area (Å²) in [6.45, 7) is 0.185. The van der Waals surface area contributed by atoms with Crippen molar-refractivity contribution in [3.63, 3.8) is 0 Å². The molecular weight excluding hydrogens is 266 g/mol. The summed E-state index contributed by atoms with van der Waals surface area (Å²) in [7, 11) is 0. The number of halogens is 1. The first-order valence-electron chi connectivity index (χ1n) is 5.60. The molecule has 0 unspecified atom stereocenters. The highest BCUT2D eigenvalue weighted by Crippen LogP contribution is 2.15. The van der Waals surface area contributed by atoms with Crippen LogP contribution in [-0.2, 0) is 6.54 Å². The minimum Gasteiger partial charge on any atom is -0.384 e. The van der Waals surface area contributed by atoms with Gasteiger partial charge in [-0.15, -0.1) is 5.10 Å². The molecule has 6 nitrogen and oxygen atoms in total. The molecule has 0 radical (unpaired) electrons. The van der Waals surface area contributed by atoms with E-state index >= 15 is 0 Å². The van der Waals surface area contributed by atoms with Crippen molar-refractivity contribution in [2.75, 3.05) is 5.73 Å². The van der Waals surface area contributed by atoms with Crippen molar-refractivity contribution in [3.8, 4) is 0 Å². The zero-order valence-electron chi connectivity index (χ0n) is 9.82. The molecule has 0 aliphatic rings. The quantitative estimate of drug-likeness (QED) is 0.762. The number of hydrogen-bond acceptors (Lipinski definition) is 4. The summed E-state index contributed by atoms with van der Waals surface area (Å²) in [6, 6.07) is 8.61. The summed E-state index contributed by atoms with van der Waals surface area (Å²) < 4.78 is 2.77. The van der Waals surface area contributed by atoms with Crippen molar-refractivity contribution >= 4 is 23.1 Å². The van der Waals surface area contributed by atoms with Gasteiger partial charge < -0.3 is 5.73 Å². The van der Waals surface area contributed by atoms with Gasteiger partial charge in [0, 0.05) is 6.20 Å². The standard InChI is InChI=1S/C12H10ClN5O/c13-8-4-5-10(14)15-9(8)7-18-12(19)17-6-2-1-3-11(17)16-18/h1-6H,7H2,(H2,14,15). The molecule has 0 saturated heterocycles. The topological polar surface area (TPSA) is 78.2 Å². The van der Waals surface area contributed by atoms with Gasteiger partial charge in [0.25, 0.3) is 0 Å². The van der Waals surface area contributed by atoms with Crippen molar-refractivity contribution in [1.29, 1.82) is 0 Å². The fraction of sp³-hybridized carbons (Fsp3) is 0.0833. The summed E-state index contributed by atoms with van der Waals surface area (Å²) in [5.41, 5.74) is 6.47. The van der Waals surface area contributed by atoms with E-state index in [4.69, 9.17) is 17.3 Å². The highest BCUT2D eigenvalue weighted by molar-refractivity contribution is 6.31. The number of hydrogen-bond donors (Lipinski definition) is 1. The first kappa shape index (κ1) is 11.7. The number of rotatable bonds is 2. The van der Waals surface area contributed by atoms with Crippen molar-refractivity contribution in [2.24, 2.45) is 0 Å². The van der Waals surface area contributed by atoms with Crippen LogP contribution in [0.25, 0.3) is 5.65 Å². The summed E-state index contributed by atoms with van der Waals surface area (Å²) in [6.07, 6.45) is 1.66. The average molecular weight is 276 g/mol. The molecule has 3 aromatic rings. The van der Waals surface area contributed by atoms with Crippen molar-refractivity contribution in [3.05, 3.63) is 57.7 Å². The van der Waals surface area contributed by atoms with Gasteiger partial charge in [-0.05, 0) is 24.3 Å². The lowest BCUT2D eigenvalue weighted by atomic mass is 10.3. The SMILES string of the molecule is Nc1ccc(Cl)c(Cn2nc3ccccn3c2=O)n1. The van der Waals surface area contributed by atoms with Crippen molar-refractivity contribution < 1.29 is 0 Å². The summed E-state index contributed by atoms with van der Waals surface area (Å²) in [5.74, 6) is 0.358. The van der Waals surface area contributed by atoms with Gasteiger partial charge in [-0.25, -0.2) is 14.5 Å². The first-order chi connectivity index (χ1) is 9.15. The Labute approximate surface area is 113 Å². The Morgan fingerprint density at radius 1 is 1.26 bits per heavy atom. The number of aromatic nitrogens is 4. The summed E-state index contributed by atoms with van der Waals surface area (Å²) >= 11 is 6.03. The largest absolute Gasteiger partial charge is 0.384 e. The molecule has 19 heavy (non-hydrogen) atoms. The molecule has 0 aliphatic carbocycles. The Morgan fingerprint density at radius 3 is 2.89 bits per heavy atom. The Bertz CT molecular complexity index is 807. The van der Waals surface area contributed by atoms with Gasteiger partial charge in [-0.2, -0.15) is 0 Å². The second-order valence-corrected chi connectivity index (χ2v) is 4.44. The van der Waals surface area contributed by atoms with Crippen LogP contribution in [0.3, 0.4) is 0 Å². The van der Waals surface area contributed by atoms with Gasteiger partial charge in [-0.3, -0.25) is 4.40 Å². The van der Waals surface area contributed by atoms with Gasteiger partial charge in [0.15, 0.2) is 5.65 Å². The Kier molecular flexibility index (Phi) is 2.72. The normalized spacial score (nSPS) is 11.0. The Morgan fingerprint density at radius 2 is 2.11 bits per heavy atom. The van der Waals surface area contributed by atoms with E-state index in [1.807, 2.05) is 6.07 Å². The van der Waals surface area contributed by atoms with Gasteiger partial charge in [0.2, 0.25) is 0 Å². The molecule has 0 aliphatic heterocycles. The highest BCUT2D eigenvalue weighted by Gasteiger charge is 2.10. The lowest BCUT2D eigenvalue weighted by Crippen LogP contribution is -2.22. The van der Waals surface area contributed by atoms with E-state index in [0.29, 0.717) is 22.2 Å². The van der Waals surface area contributed by atoms with Crippen LogP contribution in [0.15, 0.2) is 41.3 Å². The van der Waals surface area contributed by atoms with Crippen LogP contribution in [0.4, 0.5) is 5.82 Å². The van der Waals surface area contributed by atoms with Crippen molar-refractivity contribution in [2.45, 2.75) is 6.54 Å². The molecule has 0 fully saturated rings. The lowest BCUT2D eigenvalue weighted by molar-refractivity contribution is 0.647. The number of fused-ring (bicyclic) bond motifs is 1. The Hall–Kier alpha value is -2.34. The fourth-order valence-electron chi connectivity index (χ4n) is 1.83. The molecule has 0 saturated carbocycles. The molecule has 0 aromatic carbocycles. The van der Waals surface area contributed by atoms with Gasteiger partial charge in [0.05, 0.1) is 17.3 Å². The minimum absolute atomic E-state index is 0.185. The lowest BCUT2D eigenvalue weighted by Gasteiger charge is -2.03. The van der Waals surface area contributed by atoms with E-state index < -0.39 is 0 Å². The molecule has 0 spiro atoms. The van der Waals surface area contributed by atoms with Crippen LogP contribution >= 0.6 is 11.6 Å². The minimum atomic E-state index is -0.240. The number of nitrogens with zero attached hydrogens (tertiary/aromatic N) is 4. The molecule has 0 amide bonds. The zero-order valence-corrected chi connectivity index (χ0v) is 10.6. The van der Waals surface area contributed by atoms with Crippen LogP contribution in [0.1, 0.15) is 5.69 Å². The monoisotopic (exact) mass is 275 g/mol. The van der Waals surface area contributed by atoms with E-state index in [1.54, 1.807) is 30.5 Å². The number of nitrogens with two attached hydrogens (primary N) is 1. The second-order valence-electron chi connectivity index (χ2n) is 4.03. The number of nitrogen functional groups attached to an aromatic ring is 1. The second kappa shape index (κ2) is 4.40. The van der Waals surface area contributed by atoms with E-state index in [2.05, 4.69) is 10.1 Å². The van der Waals surface area contributed by atoms with Crippen LogP contribution < -0.4 is 11.4 Å². The van der Waals surface area contributed by atoms with Gasteiger partial charge in [0.1, 0.15) is 5.82 Å². The zero-order chi connectivity index (χ0) is 13.4. The molecule has 3 rings (SSSR count). The summed E-state index contributed by atoms with van der Waals surface area (Å²) in [5, 5.41) is 4.66. The number of anilines is 1. The third-order valence-corrected chi connectivity index (χ3v) is 3.07. The molecular formula is C12H10ClN5O. The van der Waals surface area contributed by atoms with Crippen LogP contribution in [0.5, 0.6) is 0 Å². The molecule has 3 heterocycles. The fourth-order valence-corrected chi connectivity index (χ4v) is 1.99. The molecule has 7 heteroatoms. The van der Waals surface area contributed by atoms with Crippen LogP contribution in [-0.4, -0.2) is 19.2 Å². The molecule has 96 valence electrons. The molecule has 2 N–H and O–H groups in total. The third kappa shape index (κ3) is 2.06. The van der Waals surface area contributed by atoms with E-state index in [1.165, 1.54) is 9.08 Å². The smallest absolute Gasteiger partial charge is 0.350 e. The van der Waals surface area contributed by atoms with Gasteiger partial charge >= 0.3 is 5.69 Å². The van der Waals surface area contributed by atoms with Crippen LogP contribution in [0.2, 0.25) is 5.02 Å². The molecule has 0 atom stereocenters. The third-order valence-electron chi connectivity index (χ3n) is 2.73. The molecule has 3 aromatic heterocycles. The predicted molar refractivity (Wildman–Crippen MR) is 72.2 cm³/mol. The number of pyridine rings is 2. The maximum atomic E-state index is 12.1. The van der Waals surface area contributed by atoms with Crippen LogP contribution in [0, 0.1) is 0 Å². The maximum Gasteiger partial charge on any atom is 0.350 e. The van der Waals surface area contributed by atoms with E-state index in [0.717, 1.165) is 0 Å².